The van der Waals surface area contributed by atoms with Gasteiger partial charge in [0.15, 0.2) is 0 Å². The molecule has 0 heterocycles. The fraction of sp³-hybridized carbons (Fsp3) is 0.250. The number of hydrogen-bond acceptors (Lipinski definition) is 5. The maximum Gasteiger partial charge on any atom is 0.306 e. The number of halogens is 1. The van der Waals surface area contributed by atoms with Crippen molar-refractivity contribution >= 4 is 29.1 Å². The normalized spacial score (nSPS) is 15.7. The van der Waals surface area contributed by atoms with E-state index in [0.29, 0.717) is 23.8 Å². The Hall–Kier alpha value is -2.66. The summed E-state index contributed by atoms with van der Waals surface area (Å²) in [6, 6.07) is 11.9. The second kappa shape index (κ2) is 7.70. The molecule has 2 aromatic rings. The van der Waals surface area contributed by atoms with E-state index in [1.54, 1.807) is 18.2 Å². The zero-order chi connectivity index (χ0) is 18.7. The van der Waals surface area contributed by atoms with E-state index in [-0.39, 0.29) is 17.5 Å². The molecule has 0 radical (unpaired) electrons. The van der Waals surface area contributed by atoms with Crippen LogP contribution in [0.1, 0.15) is 46.0 Å². The van der Waals surface area contributed by atoms with Crippen LogP contribution in [0.4, 0.5) is 0 Å². The van der Waals surface area contributed by atoms with Crippen LogP contribution in [0.3, 0.4) is 0 Å². The topological polar surface area (TPSA) is 69.7 Å². The first-order valence-corrected chi connectivity index (χ1v) is 8.66. The van der Waals surface area contributed by atoms with Gasteiger partial charge in [-0.05, 0) is 42.3 Å². The van der Waals surface area contributed by atoms with Crippen LogP contribution in [-0.4, -0.2) is 23.6 Å². The maximum absolute atomic E-state index is 12.4. The highest BCUT2D eigenvalue weighted by Gasteiger charge is 2.41. The molecule has 1 atom stereocenters. The SMILES string of the molecule is CCCC(=O)OC1C(=O)c2ccc(OCc3ccc(Cl)cc3)cc2C1=O. The monoisotopic (exact) mass is 372 g/mol. The van der Waals surface area contributed by atoms with E-state index in [2.05, 4.69) is 0 Å². The van der Waals surface area contributed by atoms with Gasteiger partial charge in [0, 0.05) is 22.6 Å². The fourth-order valence-corrected chi connectivity index (χ4v) is 2.81. The minimum atomic E-state index is -1.38. The fourth-order valence-electron chi connectivity index (χ4n) is 2.68. The Bertz CT molecular complexity index is 857. The first-order valence-electron chi connectivity index (χ1n) is 8.28. The van der Waals surface area contributed by atoms with E-state index in [1.807, 2.05) is 19.1 Å². The third kappa shape index (κ3) is 3.78. The Balaban J connectivity index is 1.72. The minimum absolute atomic E-state index is 0.170. The average Bonchev–Trinajstić information content (AvgIpc) is 2.86. The summed E-state index contributed by atoms with van der Waals surface area (Å²) >= 11 is 5.85. The van der Waals surface area contributed by atoms with Gasteiger partial charge in [-0.3, -0.25) is 14.4 Å². The van der Waals surface area contributed by atoms with Gasteiger partial charge in [0.05, 0.1) is 0 Å². The lowest BCUT2D eigenvalue weighted by molar-refractivity contribution is -0.145. The predicted molar refractivity (Wildman–Crippen MR) is 95.7 cm³/mol. The van der Waals surface area contributed by atoms with Crippen molar-refractivity contribution in [1.29, 1.82) is 0 Å². The molecule has 0 amide bonds. The number of benzene rings is 2. The van der Waals surface area contributed by atoms with Crippen molar-refractivity contribution in [3.8, 4) is 5.75 Å². The lowest BCUT2D eigenvalue weighted by atomic mass is 10.1. The van der Waals surface area contributed by atoms with Gasteiger partial charge in [-0.2, -0.15) is 0 Å². The van der Waals surface area contributed by atoms with Crippen LogP contribution in [-0.2, 0) is 16.1 Å². The van der Waals surface area contributed by atoms with Gasteiger partial charge in [-0.15, -0.1) is 0 Å². The summed E-state index contributed by atoms with van der Waals surface area (Å²) in [4.78, 5) is 36.4. The van der Waals surface area contributed by atoms with Crippen LogP contribution in [0.25, 0.3) is 0 Å². The predicted octanol–water partition coefficient (Wildman–Crippen LogP) is 4.01. The molecule has 1 unspecified atom stereocenters. The highest BCUT2D eigenvalue weighted by Crippen LogP contribution is 2.29. The molecule has 0 aliphatic heterocycles. The van der Waals surface area contributed by atoms with Crippen LogP contribution < -0.4 is 4.74 Å². The molecule has 0 aromatic heterocycles. The van der Waals surface area contributed by atoms with E-state index in [0.717, 1.165) is 5.56 Å². The van der Waals surface area contributed by atoms with Crippen LogP contribution in [0.15, 0.2) is 42.5 Å². The number of ether oxygens (including phenoxy) is 2. The number of rotatable bonds is 6. The summed E-state index contributed by atoms with van der Waals surface area (Å²) in [6.07, 6.45) is -0.623. The van der Waals surface area contributed by atoms with Gasteiger partial charge < -0.3 is 9.47 Å². The molecular formula is C20H17ClO5. The van der Waals surface area contributed by atoms with E-state index >= 15 is 0 Å². The van der Waals surface area contributed by atoms with Crippen molar-refractivity contribution < 1.29 is 23.9 Å². The molecule has 2 aromatic carbocycles. The Morgan fingerprint density at radius 3 is 2.42 bits per heavy atom. The zero-order valence-corrected chi connectivity index (χ0v) is 14.9. The van der Waals surface area contributed by atoms with Crippen LogP contribution in [0.5, 0.6) is 5.75 Å². The summed E-state index contributed by atoms with van der Waals surface area (Å²) in [5.41, 5.74) is 1.39. The molecule has 5 nitrogen and oxygen atoms in total. The lowest BCUT2D eigenvalue weighted by Crippen LogP contribution is -2.28. The molecule has 0 N–H and O–H groups in total. The molecule has 0 saturated carbocycles. The quantitative estimate of drug-likeness (QED) is 0.566. The number of esters is 1. The second-order valence-electron chi connectivity index (χ2n) is 5.97. The molecule has 1 aliphatic carbocycles. The van der Waals surface area contributed by atoms with Gasteiger partial charge in [0.25, 0.3) is 0 Å². The Morgan fingerprint density at radius 2 is 1.73 bits per heavy atom. The molecule has 26 heavy (non-hydrogen) atoms. The molecular weight excluding hydrogens is 356 g/mol. The standard InChI is InChI=1S/C20H17ClO5/c1-2-3-17(22)26-20-18(23)15-9-8-14(10-16(15)19(20)24)25-11-12-4-6-13(21)7-5-12/h4-10,20H,2-3,11H2,1H3. The van der Waals surface area contributed by atoms with Crippen molar-refractivity contribution in [2.24, 2.45) is 0 Å². The van der Waals surface area contributed by atoms with Gasteiger partial charge in [-0.1, -0.05) is 30.7 Å². The third-order valence-electron chi connectivity index (χ3n) is 4.02. The molecule has 0 spiro atoms. The minimum Gasteiger partial charge on any atom is -0.489 e. The van der Waals surface area contributed by atoms with Crippen molar-refractivity contribution in [2.75, 3.05) is 0 Å². The first kappa shape index (κ1) is 18.1. The summed E-state index contributed by atoms with van der Waals surface area (Å²) in [7, 11) is 0. The van der Waals surface area contributed by atoms with Crippen molar-refractivity contribution in [3.05, 3.63) is 64.2 Å². The smallest absolute Gasteiger partial charge is 0.306 e. The summed E-state index contributed by atoms with van der Waals surface area (Å²) in [6.45, 7) is 2.12. The van der Waals surface area contributed by atoms with Crippen LogP contribution in [0.2, 0.25) is 5.02 Å². The van der Waals surface area contributed by atoms with E-state index in [4.69, 9.17) is 21.1 Å². The summed E-state index contributed by atoms with van der Waals surface area (Å²) < 4.78 is 10.7. The van der Waals surface area contributed by atoms with E-state index < -0.39 is 23.6 Å². The summed E-state index contributed by atoms with van der Waals surface area (Å²) in [5, 5.41) is 0.638. The lowest BCUT2D eigenvalue weighted by Gasteiger charge is -2.08. The van der Waals surface area contributed by atoms with Gasteiger partial charge in [-0.25, -0.2) is 0 Å². The molecule has 134 valence electrons. The van der Waals surface area contributed by atoms with Crippen LogP contribution in [0, 0.1) is 0 Å². The Labute approximate surface area is 155 Å². The van der Waals surface area contributed by atoms with Crippen LogP contribution >= 0.6 is 11.6 Å². The number of hydrogen-bond donors (Lipinski definition) is 0. The third-order valence-corrected chi connectivity index (χ3v) is 4.27. The van der Waals surface area contributed by atoms with Crippen molar-refractivity contribution in [2.45, 2.75) is 32.5 Å². The highest BCUT2D eigenvalue weighted by molar-refractivity contribution is 6.30. The number of carbonyl (C=O) groups is 3. The first-order chi connectivity index (χ1) is 12.5. The molecule has 1 aliphatic rings. The zero-order valence-electron chi connectivity index (χ0n) is 14.2. The van der Waals surface area contributed by atoms with E-state index in [1.165, 1.54) is 12.1 Å². The average molecular weight is 373 g/mol. The van der Waals surface area contributed by atoms with Gasteiger partial charge >= 0.3 is 5.97 Å². The number of carbonyl (C=O) groups excluding carboxylic acids is 3. The highest BCUT2D eigenvalue weighted by atomic mass is 35.5. The second-order valence-corrected chi connectivity index (χ2v) is 6.41. The number of fused-ring (bicyclic) bond motifs is 1. The largest absolute Gasteiger partial charge is 0.489 e. The molecule has 3 rings (SSSR count). The Morgan fingerprint density at radius 1 is 1.04 bits per heavy atom. The van der Waals surface area contributed by atoms with Gasteiger partial charge in [0.2, 0.25) is 17.7 Å². The molecule has 0 fully saturated rings. The van der Waals surface area contributed by atoms with Crippen molar-refractivity contribution in [3.63, 3.8) is 0 Å². The van der Waals surface area contributed by atoms with Gasteiger partial charge in [0.1, 0.15) is 12.4 Å². The molecule has 6 heteroatoms. The molecule has 0 saturated heterocycles. The molecule has 0 bridgehead atoms. The van der Waals surface area contributed by atoms with Crippen molar-refractivity contribution in [1.82, 2.24) is 0 Å². The number of Topliss-reactive ketones (excluding diaryl/α,β-unsaturated/α-hetero) is 2. The van der Waals surface area contributed by atoms with E-state index in [9.17, 15) is 14.4 Å². The number of ketones is 2. The summed E-state index contributed by atoms with van der Waals surface area (Å²) in [5.74, 6) is -1.09. The Kier molecular flexibility index (Phi) is 5.38. The maximum atomic E-state index is 12.4.